The molecule has 0 aliphatic rings. The van der Waals surface area contributed by atoms with Gasteiger partial charge in [-0.25, -0.2) is 0 Å². The largest absolute Gasteiger partial charge is 0.324 e. The quantitative estimate of drug-likeness (QED) is 0.815. The Kier molecular flexibility index (Phi) is 5.57. The highest BCUT2D eigenvalue weighted by Gasteiger charge is 2.30. The van der Waals surface area contributed by atoms with E-state index < -0.39 is 0 Å². The molecule has 0 radical (unpaired) electrons. The Labute approximate surface area is 118 Å². The molecule has 0 amide bonds. The molecule has 0 heterocycles. The first-order valence-corrected chi connectivity index (χ1v) is 7.47. The van der Waals surface area contributed by atoms with E-state index in [4.69, 9.17) is 11.5 Å². The van der Waals surface area contributed by atoms with Gasteiger partial charge < -0.3 is 11.5 Å². The first-order chi connectivity index (χ1) is 8.82. The summed E-state index contributed by atoms with van der Waals surface area (Å²) in [6.45, 7) is 10.9. The van der Waals surface area contributed by atoms with Crippen molar-refractivity contribution in [3.63, 3.8) is 0 Å². The smallest absolute Gasteiger partial charge is 0.0432 e. The van der Waals surface area contributed by atoms with Crippen molar-refractivity contribution in [1.82, 2.24) is 0 Å². The van der Waals surface area contributed by atoms with Crippen molar-refractivity contribution in [2.24, 2.45) is 23.3 Å². The van der Waals surface area contributed by atoms with Crippen LogP contribution in [0.3, 0.4) is 0 Å². The van der Waals surface area contributed by atoms with Crippen LogP contribution in [0.15, 0.2) is 24.3 Å². The van der Waals surface area contributed by atoms with Crippen molar-refractivity contribution < 1.29 is 0 Å². The SMILES string of the molecule is CCCC(N)(c1cccc(C(N)C(C)C)c1)C(C)C. The van der Waals surface area contributed by atoms with E-state index in [-0.39, 0.29) is 11.6 Å². The lowest BCUT2D eigenvalue weighted by Crippen LogP contribution is -2.42. The van der Waals surface area contributed by atoms with Crippen molar-refractivity contribution >= 4 is 0 Å². The second kappa shape index (κ2) is 6.53. The summed E-state index contributed by atoms with van der Waals surface area (Å²) in [5.41, 5.74) is 15.1. The van der Waals surface area contributed by atoms with Gasteiger partial charge in [-0.2, -0.15) is 0 Å². The van der Waals surface area contributed by atoms with Crippen molar-refractivity contribution in [3.8, 4) is 0 Å². The van der Waals surface area contributed by atoms with Crippen molar-refractivity contribution in [1.29, 1.82) is 0 Å². The lowest BCUT2D eigenvalue weighted by molar-refractivity contribution is 0.291. The standard InChI is InChI=1S/C17H30N2/c1-6-10-17(19,13(4)5)15-9-7-8-14(11-15)16(18)12(2)3/h7-9,11-13,16H,6,10,18-19H2,1-5H3. The molecule has 1 aromatic rings. The number of hydrogen-bond donors (Lipinski definition) is 2. The molecule has 0 fully saturated rings. The van der Waals surface area contributed by atoms with Crippen LogP contribution >= 0.6 is 0 Å². The van der Waals surface area contributed by atoms with Crippen molar-refractivity contribution in [2.45, 2.75) is 59.0 Å². The monoisotopic (exact) mass is 262 g/mol. The fourth-order valence-electron chi connectivity index (χ4n) is 2.60. The van der Waals surface area contributed by atoms with Gasteiger partial charge in [-0.1, -0.05) is 65.3 Å². The van der Waals surface area contributed by atoms with E-state index in [9.17, 15) is 0 Å². The van der Waals surface area contributed by atoms with Crippen LogP contribution in [-0.2, 0) is 5.54 Å². The van der Waals surface area contributed by atoms with Crippen LogP contribution in [0, 0.1) is 11.8 Å². The predicted octanol–water partition coefficient (Wildman–Crippen LogP) is 3.95. The van der Waals surface area contributed by atoms with Gasteiger partial charge in [0, 0.05) is 11.6 Å². The maximum Gasteiger partial charge on any atom is 0.0432 e. The van der Waals surface area contributed by atoms with Crippen molar-refractivity contribution in [3.05, 3.63) is 35.4 Å². The number of rotatable bonds is 6. The summed E-state index contributed by atoms with van der Waals surface area (Å²) in [7, 11) is 0. The summed E-state index contributed by atoms with van der Waals surface area (Å²) in [5, 5.41) is 0. The Balaban J connectivity index is 3.16. The van der Waals surface area contributed by atoms with E-state index >= 15 is 0 Å². The van der Waals surface area contributed by atoms with Crippen LogP contribution in [0.4, 0.5) is 0 Å². The molecule has 0 bridgehead atoms. The van der Waals surface area contributed by atoms with Gasteiger partial charge in [0.2, 0.25) is 0 Å². The Hall–Kier alpha value is -0.860. The highest BCUT2D eigenvalue weighted by atomic mass is 14.8. The lowest BCUT2D eigenvalue weighted by Gasteiger charge is -2.35. The van der Waals surface area contributed by atoms with Crippen LogP contribution in [0.5, 0.6) is 0 Å². The average molecular weight is 262 g/mol. The fourth-order valence-corrected chi connectivity index (χ4v) is 2.60. The second-order valence-corrected chi connectivity index (χ2v) is 6.34. The molecule has 108 valence electrons. The zero-order chi connectivity index (χ0) is 14.6. The molecule has 0 saturated heterocycles. The third-order valence-corrected chi connectivity index (χ3v) is 4.22. The Bertz CT molecular complexity index is 398. The molecule has 0 aliphatic carbocycles. The molecular formula is C17H30N2. The second-order valence-electron chi connectivity index (χ2n) is 6.34. The predicted molar refractivity (Wildman–Crippen MR) is 83.8 cm³/mol. The van der Waals surface area contributed by atoms with E-state index in [1.807, 2.05) is 0 Å². The minimum Gasteiger partial charge on any atom is -0.324 e. The van der Waals surface area contributed by atoms with Gasteiger partial charge >= 0.3 is 0 Å². The lowest BCUT2D eigenvalue weighted by atomic mass is 9.76. The van der Waals surface area contributed by atoms with Crippen LogP contribution in [0.25, 0.3) is 0 Å². The van der Waals surface area contributed by atoms with Crippen LogP contribution in [-0.4, -0.2) is 0 Å². The molecule has 0 aliphatic heterocycles. The zero-order valence-electron chi connectivity index (χ0n) is 13.1. The van der Waals surface area contributed by atoms with Crippen LogP contribution < -0.4 is 11.5 Å². The van der Waals surface area contributed by atoms with Gasteiger partial charge in [0.05, 0.1) is 0 Å². The molecule has 2 atom stereocenters. The summed E-state index contributed by atoms with van der Waals surface area (Å²) in [5.74, 6) is 0.852. The molecule has 1 aromatic carbocycles. The maximum absolute atomic E-state index is 6.68. The summed E-state index contributed by atoms with van der Waals surface area (Å²) in [6.07, 6.45) is 2.10. The first kappa shape index (κ1) is 16.2. The molecule has 2 unspecified atom stereocenters. The number of hydrogen-bond acceptors (Lipinski definition) is 2. The molecule has 4 N–H and O–H groups in total. The third-order valence-electron chi connectivity index (χ3n) is 4.22. The molecule has 0 saturated carbocycles. The van der Waals surface area contributed by atoms with Crippen LogP contribution in [0.2, 0.25) is 0 Å². The molecular weight excluding hydrogens is 232 g/mol. The summed E-state index contributed by atoms with van der Waals surface area (Å²) in [4.78, 5) is 0. The summed E-state index contributed by atoms with van der Waals surface area (Å²) in [6, 6.07) is 8.64. The number of nitrogens with two attached hydrogens (primary N) is 2. The number of benzene rings is 1. The molecule has 19 heavy (non-hydrogen) atoms. The van der Waals surface area contributed by atoms with Crippen molar-refractivity contribution in [2.75, 3.05) is 0 Å². The van der Waals surface area contributed by atoms with Gasteiger partial charge in [0.1, 0.15) is 0 Å². The Morgan fingerprint density at radius 3 is 2.26 bits per heavy atom. The van der Waals surface area contributed by atoms with E-state index in [2.05, 4.69) is 58.9 Å². The first-order valence-electron chi connectivity index (χ1n) is 7.47. The minimum absolute atomic E-state index is 0.0815. The van der Waals surface area contributed by atoms with Crippen LogP contribution in [0.1, 0.15) is 64.6 Å². The summed E-state index contributed by atoms with van der Waals surface area (Å²) >= 11 is 0. The average Bonchev–Trinajstić information content (AvgIpc) is 2.37. The molecule has 1 rings (SSSR count). The highest BCUT2D eigenvalue weighted by molar-refractivity contribution is 5.31. The Morgan fingerprint density at radius 2 is 1.79 bits per heavy atom. The maximum atomic E-state index is 6.68. The summed E-state index contributed by atoms with van der Waals surface area (Å²) < 4.78 is 0. The third kappa shape index (κ3) is 3.58. The van der Waals surface area contributed by atoms with Gasteiger partial charge in [-0.3, -0.25) is 0 Å². The van der Waals surface area contributed by atoms with E-state index in [1.54, 1.807) is 0 Å². The van der Waals surface area contributed by atoms with E-state index in [0.717, 1.165) is 12.8 Å². The topological polar surface area (TPSA) is 52.0 Å². The van der Waals surface area contributed by atoms with Gasteiger partial charge in [-0.05, 0) is 29.4 Å². The van der Waals surface area contributed by atoms with E-state index in [0.29, 0.717) is 11.8 Å². The minimum atomic E-state index is -0.249. The Morgan fingerprint density at radius 1 is 1.16 bits per heavy atom. The molecule has 2 heteroatoms. The normalized spacial score (nSPS) is 16.7. The van der Waals surface area contributed by atoms with Gasteiger partial charge in [-0.15, -0.1) is 0 Å². The molecule has 0 aromatic heterocycles. The van der Waals surface area contributed by atoms with Gasteiger partial charge in [0.25, 0.3) is 0 Å². The molecule has 0 spiro atoms. The fraction of sp³-hybridized carbons (Fsp3) is 0.647. The highest BCUT2D eigenvalue weighted by Crippen LogP contribution is 2.33. The zero-order valence-corrected chi connectivity index (χ0v) is 13.1. The van der Waals surface area contributed by atoms with Gasteiger partial charge in [0.15, 0.2) is 0 Å². The van der Waals surface area contributed by atoms with E-state index in [1.165, 1.54) is 11.1 Å². The molecule has 2 nitrogen and oxygen atoms in total.